The standard InChI is InChI=1S/C7H4F2/c1-5-2-6(8)4-7(9)3-5/h1-4H. The van der Waals surface area contributed by atoms with E-state index >= 15 is 0 Å². The lowest BCUT2D eigenvalue weighted by Crippen LogP contribution is -1.80. The van der Waals surface area contributed by atoms with E-state index in [9.17, 15) is 8.78 Å². The molecule has 1 aromatic carbocycles. The molecule has 0 aliphatic rings. The predicted molar refractivity (Wildman–Crippen MR) is 29.8 cm³/mol. The molecule has 2 radical (unpaired) electrons. The molecular weight excluding hydrogens is 122 g/mol. The Morgan fingerprint density at radius 3 is 1.78 bits per heavy atom. The summed E-state index contributed by atoms with van der Waals surface area (Å²) in [6.07, 6.45) is 0. The number of rotatable bonds is 0. The summed E-state index contributed by atoms with van der Waals surface area (Å²) in [4.78, 5) is 0. The molecule has 0 saturated heterocycles. The smallest absolute Gasteiger partial charge is 0.126 e. The molecule has 0 aliphatic heterocycles. The van der Waals surface area contributed by atoms with E-state index in [2.05, 4.69) is 0 Å². The monoisotopic (exact) mass is 126 g/mol. The van der Waals surface area contributed by atoms with Crippen LogP contribution >= 0.6 is 0 Å². The van der Waals surface area contributed by atoms with E-state index in [0.29, 0.717) is 0 Å². The highest BCUT2D eigenvalue weighted by Gasteiger charge is 1.94. The number of halogens is 2. The molecule has 46 valence electrons. The molecule has 0 aliphatic carbocycles. The first kappa shape index (κ1) is 6.20. The Bertz CT molecular complexity index is 168. The van der Waals surface area contributed by atoms with Crippen molar-refractivity contribution in [3.05, 3.63) is 42.3 Å². The van der Waals surface area contributed by atoms with Gasteiger partial charge in [-0.1, -0.05) is 0 Å². The van der Waals surface area contributed by atoms with Crippen LogP contribution in [0.4, 0.5) is 8.78 Å². The van der Waals surface area contributed by atoms with Gasteiger partial charge >= 0.3 is 0 Å². The Morgan fingerprint density at radius 2 is 1.44 bits per heavy atom. The third-order valence-electron chi connectivity index (χ3n) is 0.885. The molecule has 0 N–H and O–H groups in total. The zero-order valence-corrected chi connectivity index (χ0v) is 4.57. The Balaban J connectivity index is 3.17. The van der Waals surface area contributed by atoms with Gasteiger partial charge in [0.05, 0.1) is 0 Å². The van der Waals surface area contributed by atoms with Crippen molar-refractivity contribution in [3.63, 3.8) is 0 Å². The lowest BCUT2D eigenvalue weighted by atomic mass is 10.2. The highest BCUT2D eigenvalue weighted by Crippen LogP contribution is 2.05. The van der Waals surface area contributed by atoms with Crippen LogP contribution in [0, 0.1) is 18.6 Å². The molecule has 0 spiro atoms. The normalized spacial score (nSPS) is 9.67. The van der Waals surface area contributed by atoms with Gasteiger partial charge in [-0.2, -0.15) is 0 Å². The largest absolute Gasteiger partial charge is 0.207 e. The fourth-order valence-corrected chi connectivity index (χ4v) is 0.575. The summed E-state index contributed by atoms with van der Waals surface area (Å²) >= 11 is 0. The molecule has 1 aromatic rings. The van der Waals surface area contributed by atoms with Crippen molar-refractivity contribution in [1.29, 1.82) is 0 Å². The van der Waals surface area contributed by atoms with Gasteiger partial charge in [-0.15, -0.1) is 0 Å². The first-order valence-electron chi connectivity index (χ1n) is 2.40. The lowest BCUT2D eigenvalue weighted by molar-refractivity contribution is 0.582. The minimum absolute atomic E-state index is 0.104. The highest BCUT2D eigenvalue weighted by molar-refractivity contribution is 5.19. The molecule has 0 amide bonds. The van der Waals surface area contributed by atoms with Crippen LogP contribution in [-0.2, 0) is 0 Å². The fourth-order valence-electron chi connectivity index (χ4n) is 0.575. The summed E-state index contributed by atoms with van der Waals surface area (Å²) in [7, 11) is 0. The summed E-state index contributed by atoms with van der Waals surface area (Å²) in [5.41, 5.74) is 0.104. The van der Waals surface area contributed by atoms with Crippen LogP contribution in [0.25, 0.3) is 0 Å². The number of hydrogen-bond donors (Lipinski definition) is 0. The van der Waals surface area contributed by atoms with Crippen LogP contribution in [0.3, 0.4) is 0 Å². The summed E-state index contributed by atoms with van der Waals surface area (Å²) in [5, 5.41) is 0. The average Bonchev–Trinajstić information content (AvgIpc) is 1.59. The molecule has 0 saturated carbocycles. The van der Waals surface area contributed by atoms with Crippen molar-refractivity contribution in [2.75, 3.05) is 0 Å². The van der Waals surface area contributed by atoms with E-state index in [1.54, 1.807) is 0 Å². The molecule has 0 nitrogen and oxygen atoms in total. The molecule has 0 aromatic heterocycles. The molecule has 0 unspecified atom stereocenters. The molecule has 0 fully saturated rings. The zero-order valence-electron chi connectivity index (χ0n) is 4.57. The van der Waals surface area contributed by atoms with Crippen molar-refractivity contribution in [1.82, 2.24) is 0 Å². The fraction of sp³-hybridized carbons (Fsp3) is 0. The molecule has 2 heteroatoms. The number of hydrogen-bond acceptors (Lipinski definition) is 0. The van der Waals surface area contributed by atoms with E-state index in [-0.39, 0.29) is 5.56 Å². The van der Waals surface area contributed by atoms with Crippen molar-refractivity contribution >= 4 is 0 Å². The second kappa shape index (κ2) is 2.13. The van der Waals surface area contributed by atoms with E-state index < -0.39 is 11.6 Å². The Kier molecular flexibility index (Phi) is 1.47. The van der Waals surface area contributed by atoms with Gasteiger partial charge in [-0.25, -0.2) is 8.78 Å². The first-order chi connectivity index (χ1) is 4.18. The molecule has 0 heterocycles. The molecule has 0 bridgehead atoms. The van der Waals surface area contributed by atoms with Crippen LogP contribution in [0.1, 0.15) is 5.56 Å². The average molecular weight is 126 g/mol. The SMILES string of the molecule is [CH]c1cc(F)cc(F)c1. The topological polar surface area (TPSA) is 0 Å². The van der Waals surface area contributed by atoms with Gasteiger partial charge in [0, 0.05) is 6.07 Å². The Morgan fingerprint density at radius 1 is 1.00 bits per heavy atom. The van der Waals surface area contributed by atoms with Crippen LogP contribution in [0.2, 0.25) is 0 Å². The van der Waals surface area contributed by atoms with Gasteiger partial charge in [-0.3, -0.25) is 0 Å². The van der Waals surface area contributed by atoms with E-state index in [4.69, 9.17) is 6.92 Å². The van der Waals surface area contributed by atoms with Crippen LogP contribution in [-0.4, -0.2) is 0 Å². The van der Waals surface area contributed by atoms with Crippen LogP contribution in [0.5, 0.6) is 0 Å². The van der Waals surface area contributed by atoms with Crippen molar-refractivity contribution in [3.8, 4) is 0 Å². The zero-order chi connectivity index (χ0) is 6.85. The minimum Gasteiger partial charge on any atom is -0.207 e. The number of benzene rings is 1. The second-order valence-electron chi connectivity index (χ2n) is 1.70. The lowest BCUT2D eigenvalue weighted by Gasteiger charge is -1.90. The maximum Gasteiger partial charge on any atom is 0.126 e. The van der Waals surface area contributed by atoms with Crippen molar-refractivity contribution < 1.29 is 8.78 Å². The summed E-state index contributed by atoms with van der Waals surface area (Å²) in [6.45, 7) is 5.08. The highest BCUT2D eigenvalue weighted by atomic mass is 19.1. The van der Waals surface area contributed by atoms with Gasteiger partial charge in [-0.05, 0) is 24.6 Å². The predicted octanol–water partition coefficient (Wildman–Crippen LogP) is 2.02. The summed E-state index contributed by atoms with van der Waals surface area (Å²) in [6, 6.07) is 2.89. The maximum absolute atomic E-state index is 12.1. The van der Waals surface area contributed by atoms with Gasteiger partial charge < -0.3 is 0 Å². The molecule has 9 heavy (non-hydrogen) atoms. The third-order valence-corrected chi connectivity index (χ3v) is 0.885. The second-order valence-corrected chi connectivity index (χ2v) is 1.70. The van der Waals surface area contributed by atoms with Crippen LogP contribution in [0.15, 0.2) is 18.2 Å². The third kappa shape index (κ3) is 1.49. The molecule has 1 rings (SSSR count). The van der Waals surface area contributed by atoms with Crippen LogP contribution < -0.4 is 0 Å². The van der Waals surface area contributed by atoms with E-state index in [1.165, 1.54) is 0 Å². The van der Waals surface area contributed by atoms with Gasteiger partial charge in [0.1, 0.15) is 11.6 Å². The van der Waals surface area contributed by atoms with Gasteiger partial charge in [0.15, 0.2) is 0 Å². The van der Waals surface area contributed by atoms with Crippen molar-refractivity contribution in [2.24, 2.45) is 0 Å². The van der Waals surface area contributed by atoms with Gasteiger partial charge in [0.25, 0.3) is 0 Å². The first-order valence-corrected chi connectivity index (χ1v) is 2.40. The van der Waals surface area contributed by atoms with E-state index in [1.807, 2.05) is 0 Å². The maximum atomic E-state index is 12.1. The molecular formula is C7H4F2. The Hall–Kier alpha value is -0.920. The van der Waals surface area contributed by atoms with E-state index in [0.717, 1.165) is 18.2 Å². The molecule has 0 atom stereocenters. The summed E-state index contributed by atoms with van der Waals surface area (Å²) < 4.78 is 24.2. The Labute approximate surface area is 52.1 Å². The quantitative estimate of drug-likeness (QED) is 0.499. The van der Waals surface area contributed by atoms with Gasteiger partial charge in [0.2, 0.25) is 0 Å². The van der Waals surface area contributed by atoms with Crippen molar-refractivity contribution in [2.45, 2.75) is 0 Å². The summed E-state index contributed by atoms with van der Waals surface area (Å²) in [5.74, 6) is -1.29. The minimum atomic E-state index is -0.646.